The van der Waals surface area contributed by atoms with Gasteiger partial charge in [0.1, 0.15) is 6.54 Å². The van der Waals surface area contributed by atoms with Gasteiger partial charge in [-0.15, -0.1) is 0 Å². The first-order valence-electron chi connectivity index (χ1n) is 7.27. The van der Waals surface area contributed by atoms with E-state index >= 15 is 0 Å². The highest BCUT2D eigenvalue weighted by atomic mass is 79.9. The topological polar surface area (TPSA) is 21.5 Å². The summed E-state index contributed by atoms with van der Waals surface area (Å²) in [5.41, 5.74) is 1.14. The van der Waals surface area contributed by atoms with Crippen LogP contribution >= 0.6 is 31.9 Å². The Bertz CT molecular complexity index is 429. The van der Waals surface area contributed by atoms with Crippen molar-refractivity contribution in [2.45, 2.75) is 29.4 Å². The molecule has 0 bridgehead atoms. The minimum Gasteiger partial charge on any atom is -0.329 e. The largest absolute Gasteiger partial charge is 0.329 e. The number of nitrogens with one attached hydrogen (secondary N) is 1. The lowest BCUT2D eigenvalue weighted by atomic mass is 9.99. The molecule has 0 aliphatic carbocycles. The molecule has 1 aromatic rings. The molecule has 0 radical (unpaired) electrons. The third kappa shape index (κ3) is 4.40. The molecule has 1 aromatic carbocycles. The summed E-state index contributed by atoms with van der Waals surface area (Å²) >= 11 is 7.22. The van der Waals surface area contributed by atoms with Crippen LogP contribution in [0, 0.1) is 5.92 Å². The number of piperidine rings is 1. The summed E-state index contributed by atoms with van der Waals surface area (Å²) in [5, 5.41) is 0. The van der Waals surface area contributed by atoms with Gasteiger partial charge in [-0.05, 0) is 24.3 Å². The van der Waals surface area contributed by atoms with Crippen LogP contribution in [0.5, 0.6) is 0 Å². The predicted octanol–water partition coefficient (Wildman–Crippen LogP) is 2.77. The zero-order valence-electron chi connectivity index (χ0n) is 11.8. The Kier molecular flexibility index (Phi) is 6.24. The van der Waals surface area contributed by atoms with Crippen molar-refractivity contribution in [2.75, 3.05) is 19.6 Å². The summed E-state index contributed by atoms with van der Waals surface area (Å²) in [6, 6.07) is 10.1. The average molecular weight is 404 g/mol. The number of ketones is 1. The molecule has 1 aliphatic heterocycles. The number of hydrogen-bond acceptors (Lipinski definition) is 1. The van der Waals surface area contributed by atoms with Crippen molar-refractivity contribution < 1.29 is 9.69 Å². The van der Waals surface area contributed by atoms with E-state index in [2.05, 4.69) is 50.9 Å². The molecular weight excluding hydrogens is 382 g/mol. The number of quaternary nitrogens is 1. The van der Waals surface area contributed by atoms with Gasteiger partial charge in [-0.25, -0.2) is 0 Å². The lowest BCUT2D eigenvalue weighted by molar-refractivity contribution is -0.898. The van der Waals surface area contributed by atoms with Crippen LogP contribution in [0.2, 0.25) is 0 Å². The van der Waals surface area contributed by atoms with E-state index in [0.717, 1.165) is 24.6 Å². The molecule has 110 valence electrons. The third-order valence-corrected chi connectivity index (χ3v) is 6.89. The highest BCUT2D eigenvalue weighted by molar-refractivity contribution is 9.12. The van der Waals surface area contributed by atoms with Gasteiger partial charge in [0.2, 0.25) is 5.78 Å². The summed E-state index contributed by atoms with van der Waals surface area (Å²) in [6.07, 6.45) is 2.48. The second-order valence-corrected chi connectivity index (χ2v) is 7.76. The fourth-order valence-corrected chi connectivity index (χ4v) is 3.73. The van der Waals surface area contributed by atoms with Gasteiger partial charge in [0, 0.05) is 0 Å². The lowest BCUT2D eigenvalue weighted by Gasteiger charge is -2.27. The van der Waals surface area contributed by atoms with E-state index in [1.165, 1.54) is 17.7 Å². The monoisotopic (exact) mass is 402 g/mol. The maximum Gasteiger partial charge on any atom is 0.201 e. The van der Waals surface area contributed by atoms with Gasteiger partial charge in [-0.2, -0.15) is 0 Å². The molecule has 1 N–H and O–H groups in total. The number of likely N-dealkylation sites (tertiary alicyclic amines) is 1. The Labute approximate surface area is 138 Å². The number of carbonyl (C=O) groups is 1. The molecule has 0 unspecified atom stereocenters. The molecule has 2 nitrogen and oxygen atoms in total. The molecule has 2 rings (SSSR count). The van der Waals surface area contributed by atoms with Crippen LogP contribution < -0.4 is 4.90 Å². The van der Waals surface area contributed by atoms with E-state index in [1.54, 1.807) is 0 Å². The van der Waals surface area contributed by atoms with Gasteiger partial charge in [0.15, 0.2) is 0 Å². The summed E-state index contributed by atoms with van der Waals surface area (Å²) in [5.74, 6) is 1.11. The van der Waals surface area contributed by atoms with Crippen molar-refractivity contribution >= 4 is 37.6 Å². The number of rotatable bonds is 5. The number of benzene rings is 1. The summed E-state index contributed by atoms with van der Waals surface area (Å²) in [4.78, 5) is 13.7. The van der Waals surface area contributed by atoms with Gasteiger partial charge in [0.05, 0.1) is 22.7 Å². The Hall–Kier alpha value is -0.190. The molecule has 1 fully saturated rings. The molecular formula is C16H22Br2NO+. The highest BCUT2D eigenvalue weighted by Gasteiger charge is 2.29. The fourth-order valence-electron chi connectivity index (χ4n) is 2.66. The molecule has 4 heteroatoms. The van der Waals surface area contributed by atoms with Gasteiger partial charge < -0.3 is 4.90 Å². The first-order chi connectivity index (χ1) is 9.58. The molecule has 1 saturated heterocycles. The second kappa shape index (κ2) is 7.71. The minimum absolute atomic E-state index is 0.0410. The molecule has 20 heavy (non-hydrogen) atoms. The van der Waals surface area contributed by atoms with Crippen molar-refractivity contribution in [3.63, 3.8) is 0 Å². The van der Waals surface area contributed by atoms with Gasteiger partial charge in [0.25, 0.3) is 0 Å². The summed E-state index contributed by atoms with van der Waals surface area (Å²) in [7, 11) is 0. The van der Waals surface area contributed by atoms with Crippen molar-refractivity contribution in [3.8, 4) is 0 Å². The minimum atomic E-state index is -0.156. The highest BCUT2D eigenvalue weighted by Crippen LogP contribution is 2.31. The smallest absolute Gasteiger partial charge is 0.201 e. The second-order valence-electron chi connectivity index (χ2n) is 5.79. The van der Waals surface area contributed by atoms with Crippen LogP contribution in [-0.4, -0.2) is 30.2 Å². The van der Waals surface area contributed by atoms with Gasteiger partial charge in [-0.3, -0.25) is 4.79 Å². The van der Waals surface area contributed by atoms with Crippen LogP contribution in [0.1, 0.15) is 30.2 Å². The Morgan fingerprint density at radius 2 is 1.85 bits per heavy atom. The molecule has 0 amide bonds. The number of alkyl halides is 2. The molecule has 0 spiro atoms. The van der Waals surface area contributed by atoms with E-state index in [1.807, 2.05) is 18.2 Å². The Balaban J connectivity index is 1.88. The summed E-state index contributed by atoms with van der Waals surface area (Å²) < 4.78 is 0. The van der Waals surface area contributed by atoms with Crippen molar-refractivity contribution in [2.24, 2.45) is 5.92 Å². The van der Waals surface area contributed by atoms with Crippen LogP contribution in [0.4, 0.5) is 0 Å². The molecule has 1 aliphatic rings. The number of carbonyl (C=O) groups excluding carboxylic acids is 1. The zero-order valence-corrected chi connectivity index (χ0v) is 15.0. The van der Waals surface area contributed by atoms with E-state index in [4.69, 9.17) is 0 Å². The van der Waals surface area contributed by atoms with Crippen LogP contribution in [-0.2, 0) is 4.79 Å². The van der Waals surface area contributed by atoms with Crippen molar-refractivity contribution in [1.29, 1.82) is 0 Å². The average Bonchev–Trinajstić information content (AvgIpc) is 2.49. The van der Waals surface area contributed by atoms with Crippen molar-refractivity contribution in [1.82, 2.24) is 0 Å². The normalized spacial score (nSPS) is 25.9. The first-order valence-corrected chi connectivity index (χ1v) is 9.10. The van der Waals surface area contributed by atoms with E-state index in [0.29, 0.717) is 12.3 Å². The summed E-state index contributed by atoms with van der Waals surface area (Å²) in [6.45, 7) is 5.20. The predicted molar refractivity (Wildman–Crippen MR) is 89.8 cm³/mol. The van der Waals surface area contributed by atoms with Crippen LogP contribution in [0.25, 0.3) is 0 Å². The molecule has 0 aromatic heterocycles. The fraction of sp³-hybridized carbons (Fsp3) is 0.562. The Morgan fingerprint density at radius 1 is 1.25 bits per heavy atom. The zero-order chi connectivity index (χ0) is 14.5. The van der Waals surface area contributed by atoms with Crippen LogP contribution in [0.15, 0.2) is 30.3 Å². The van der Waals surface area contributed by atoms with Crippen molar-refractivity contribution in [3.05, 3.63) is 35.9 Å². The molecule has 1 heterocycles. The van der Waals surface area contributed by atoms with E-state index < -0.39 is 0 Å². The molecule has 0 saturated carbocycles. The number of Topliss-reactive ketones (excluding diaryl/α,β-unsaturated/α-hetero) is 1. The maximum absolute atomic E-state index is 12.4. The van der Waals surface area contributed by atoms with Crippen LogP contribution in [0.3, 0.4) is 0 Å². The van der Waals surface area contributed by atoms with Gasteiger partial charge >= 0.3 is 0 Å². The van der Waals surface area contributed by atoms with E-state index in [-0.39, 0.29) is 9.65 Å². The number of halogens is 2. The maximum atomic E-state index is 12.4. The van der Waals surface area contributed by atoms with E-state index in [9.17, 15) is 4.79 Å². The SMILES string of the molecule is CC1CC[NH+](CC(=O)[C@@H](Br)[C@H](Br)c2ccccc2)CC1. The van der Waals surface area contributed by atoms with Gasteiger partial charge in [-0.1, -0.05) is 69.1 Å². The third-order valence-electron chi connectivity index (χ3n) is 4.09. The Morgan fingerprint density at radius 3 is 2.45 bits per heavy atom. The quantitative estimate of drug-likeness (QED) is 0.750. The lowest BCUT2D eigenvalue weighted by Crippen LogP contribution is -3.14. The molecule has 2 atom stereocenters. The first kappa shape index (κ1) is 16.2. The standard InChI is InChI=1S/C16H21Br2NO/c1-12-7-9-19(10-8-12)11-14(20)16(18)15(17)13-5-3-2-4-6-13/h2-6,12,15-16H,7-11H2,1H3/p+1/t15-,16-/m1/s1. The number of hydrogen-bond donors (Lipinski definition) is 1.